The summed E-state index contributed by atoms with van der Waals surface area (Å²) in [5, 5.41) is 9.02. The van der Waals surface area contributed by atoms with Crippen LogP contribution < -0.4 is 0 Å². The summed E-state index contributed by atoms with van der Waals surface area (Å²) in [6.07, 6.45) is 2.40. The number of furan rings is 1. The van der Waals surface area contributed by atoms with Gasteiger partial charge < -0.3 is 14.4 Å². The van der Waals surface area contributed by atoms with Crippen LogP contribution in [0.3, 0.4) is 0 Å². The van der Waals surface area contributed by atoms with E-state index in [0.717, 1.165) is 18.8 Å². The standard InChI is InChI=1S/C14H22N2O3/c1-10-13(14(17)18)7-12(19-10)9-16-6-4-5-11(8-16)15(2)3/h7,11H,4-6,8-9H2,1-3H3,(H,17,18). The van der Waals surface area contributed by atoms with Crippen LogP contribution in [0.1, 0.15) is 34.7 Å². The van der Waals surface area contributed by atoms with Gasteiger partial charge in [-0.05, 0) is 46.5 Å². The highest BCUT2D eigenvalue weighted by Crippen LogP contribution is 2.20. The quantitative estimate of drug-likeness (QED) is 0.900. The highest BCUT2D eigenvalue weighted by atomic mass is 16.4. The zero-order valence-electron chi connectivity index (χ0n) is 11.8. The first-order valence-corrected chi connectivity index (χ1v) is 6.68. The fourth-order valence-electron chi connectivity index (χ4n) is 2.65. The first kappa shape index (κ1) is 14.1. The molecule has 5 heteroatoms. The molecular formula is C14H22N2O3. The number of hydrogen-bond donors (Lipinski definition) is 1. The Morgan fingerprint density at radius 3 is 2.89 bits per heavy atom. The molecule has 1 unspecified atom stereocenters. The summed E-state index contributed by atoms with van der Waals surface area (Å²) >= 11 is 0. The number of carboxylic acids is 1. The Hall–Kier alpha value is -1.33. The van der Waals surface area contributed by atoms with Crippen LogP contribution in [0.4, 0.5) is 0 Å². The van der Waals surface area contributed by atoms with Gasteiger partial charge in [0.2, 0.25) is 0 Å². The van der Waals surface area contributed by atoms with Crippen molar-refractivity contribution < 1.29 is 14.3 Å². The van der Waals surface area contributed by atoms with Gasteiger partial charge in [0.05, 0.1) is 6.54 Å². The molecule has 0 radical (unpaired) electrons. The summed E-state index contributed by atoms with van der Waals surface area (Å²) in [7, 11) is 4.21. The van der Waals surface area contributed by atoms with Gasteiger partial charge in [0.1, 0.15) is 17.1 Å². The third-order valence-corrected chi connectivity index (χ3v) is 3.79. The molecule has 106 valence electrons. The number of carbonyl (C=O) groups is 1. The van der Waals surface area contributed by atoms with E-state index in [1.54, 1.807) is 13.0 Å². The van der Waals surface area contributed by atoms with Crippen molar-refractivity contribution in [2.75, 3.05) is 27.2 Å². The lowest BCUT2D eigenvalue weighted by atomic mass is 10.0. The van der Waals surface area contributed by atoms with Crippen LogP contribution in [0.15, 0.2) is 10.5 Å². The van der Waals surface area contributed by atoms with Gasteiger partial charge in [-0.25, -0.2) is 4.79 Å². The highest BCUT2D eigenvalue weighted by Gasteiger charge is 2.23. The minimum Gasteiger partial charge on any atom is -0.478 e. The minimum absolute atomic E-state index is 0.274. The Morgan fingerprint density at radius 1 is 1.58 bits per heavy atom. The molecule has 0 aliphatic carbocycles. The third kappa shape index (κ3) is 3.36. The number of rotatable bonds is 4. The smallest absolute Gasteiger partial charge is 0.339 e. The molecule has 1 saturated heterocycles. The molecule has 0 spiro atoms. The first-order valence-electron chi connectivity index (χ1n) is 6.68. The van der Waals surface area contributed by atoms with Gasteiger partial charge in [0.15, 0.2) is 0 Å². The molecule has 1 aliphatic heterocycles. The van der Waals surface area contributed by atoms with E-state index in [0.29, 0.717) is 18.3 Å². The predicted molar refractivity (Wildman–Crippen MR) is 72.4 cm³/mol. The average molecular weight is 266 g/mol. The van der Waals surface area contributed by atoms with E-state index in [2.05, 4.69) is 23.9 Å². The van der Waals surface area contributed by atoms with Crippen molar-refractivity contribution in [1.29, 1.82) is 0 Å². The molecule has 0 saturated carbocycles. The van der Waals surface area contributed by atoms with E-state index in [1.807, 2.05) is 0 Å². The number of likely N-dealkylation sites (tertiary alicyclic amines) is 1. The van der Waals surface area contributed by atoms with E-state index in [9.17, 15) is 4.79 Å². The van der Waals surface area contributed by atoms with Gasteiger partial charge >= 0.3 is 5.97 Å². The second kappa shape index (κ2) is 5.75. The molecule has 1 aliphatic rings. The molecular weight excluding hydrogens is 244 g/mol. The molecule has 1 aromatic rings. The summed E-state index contributed by atoms with van der Waals surface area (Å²) in [5.74, 6) is 0.315. The molecule has 1 aromatic heterocycles. The number of aryl methyl sites for hydroxylation is 1. The van der Waals surface area contributed by atoms with E-state index >= 15 is 0 Å². The summed E-state index contributed by atoms with van der Waals surface area (Å²) in [6.45, 7) is 4.45. The maximum Gasteiger partial charge on any atom is 0.339 e. The topological polar surface area (TPSA) is 56.9 Å². The monoisotopic (exact) mass is 266 g/mol. The van der Waals surface area contributed by atoms with Gasteiger partial charge in [-0.3, -0.25) is 4.90 Å². The van der Waals surface area contributed by atoms with Crippen LogP contribution in [0.25, 0.3) is 0 Å². The minimum atomic E-state index is -0.919. The molecule has 5 nitrogen and oxygen atoms in total. The molecule has 1 fully saturated rings. The maximum atomic E-state index is 11.0. The zero-order valence-corrected chi connectivity index (χ0v) is 11.8. The Balaban J connectivity index is 2.01. The van der Waals surface area contributed by atoms with Crippen molar-refractivity contribution in [1.82, 2.24) is 9.80 Å². The number of hydrogen-bond acceptors (Lipinski definition) is 4. The van der Waals surface area contributed by atoms with E-state index < -0.39 is 5.97 Å². The summed E-state index contributed by atoms with van der Waals surface area (Å²) in [4.78, 5) is 15.6. The van der Waals surface area contributed by atoms with Crippen molar-refractivity contribution in [3.05, 3.63) is 23.2 Å². The molecule has 19 heavy (non-hydrogen) atoms. The first-order chi connectivity index (χ1) is 8.97. The maximum absolute atomic E-state index is 11.0. The van der Waals surface area contributed by atoms with Crippen molar-refractivity contribution in [3.63, 3.8) is 0 Å². The Morgan fingerprint density at radius 2 is 2.32 bits per heavy atom. The lowest BCUT2D eigenvalue weighted by Crippen LogP contribution is -2.44. The Bertz CT molecular complexity index is 454. The fourth-order valence-corrected chi connectivity index (χ4v) is 2.65. The average Bonchev–Trinajstić information content (AvgIpc) is 2.70. The van der Waals surface area contributed by atoms with Crippen LogP contribution in [-0.4, -0.2) is 54.1 Å². The van der Waals surface area contributed by atoms with Crippen molar-refractivity contribution in [2.45, 2.75) is 32.4 Å². The van der Waals surface area contributed by atoms with Gasteiger partial charge in [0, 0.05) is 12.6 Å². The molecule has 0 bridgehead atoms. The van der Waals surface area contributed by atoms with Crippen molar-refractivity contribution >= 4 is 5.97 Å². The Labute approximate surface area is 113 Å². The summed E-state index contributed by atoms with van der Waals surface area (Å²) in [6, 6.07) is 2.22. The number of nitrogens with zero attached hydrogens (tertiary/aromatic N) is 2. The van der Waals surface area contributed by atoms with E-state index in [4.69, 9.17) is 9.52 Å². The van der Waals surface area contributed by atoms with Crippen LogP contribution in [0.5, 0.6) is 0 Å². The molecule has 1 atom stereocenters. The molecule has 0 amide bonds. The number of carboxylic acid groups (broad SMARTS) is 1. The number of likely N-dealkylation sites (N-methyl/N-ethyl adjacent to an activating group) is 1. The third-order valence-electron chi connectivity index (χ3n) is 3.79. The molecule has 0 aromatic carbocycles. The normalized spacial score (nSPS) is 20.9. The van der Waals surface area contributed by atoms with Crippen LogP contribution in [0.2, 0.25) is 0 Å². The van der Waals surface area contributed by atoms with Crippen molar-refractivity contribution in [3.8, 4) is 0 Å². The fraction of sp³-hybridized carbons (Fsp3) is 0.643. The van der Waals surface area contributed by atoms with Gasteiger partial charge in [-0.1, -0.05) is 0 Å². The predicted octanol–water partition coefficient (Wildman–Crippen LogP) is 1.81. The second-order valence-electron chi connectivity index (χ2n) is 5.48. The van der Waals surface area contributed by atoms with Gasteiger partial charge in [-0.15, -0.1) is 0 Å². The van der Waals surface area contributed by atoms with Gasteiger partial charge in [0.25, 0.3) is 0 Å². The zero-order chi connectivity index (χ0) is 14.0. The second-order valence-corrected chi connectivity index (χ2v) is 5.48. The van der Waals surface area contributed by atoms with E-state index in [1.165, 1.54) is 12.8 Å². The van der Waals surface area contributed by atoms with Crippen LogP contribution in [-0.2, 0) is 6.54 Å². The van der Waals surface area contributed by atoms with Gasteiger partial charge in [-0.2, -0.15) is 0 Å². The summed E-state index contributed by atoms with van der Waals surface area (Å²) < 4.78 is 5.54. The Kier molecular flexibility index (Phi) is 4.27. The molecule has 2 heterocycles. The SMILES string of the molecule is Cc1oc(CN2CCCC(N(C)C)C2)cc1C(=O)O. The van der Waals surface area contributed by atoms with Crippen LogP contribution in [0, 0.1) is 6.92 Å². The highest BCUT2D eigenvalue weighted by molar-refractivity contribution is 5.88. The molecule has 1 N–H and O–H groups in total. The number of piperidine rings is 1. The summed E-state index contributed by atoms with van der Waals surface area (Å²) in [5.41, 5.74) is 0.274. The van der Waals surface area contributed by atoms with E-state index in [-0.39, 0.29) is 5.56 Å². The van der Waals surface area contributed by atoms with Crippen molar-refractivity contribution in [2.24, 2.45) is 0 Å². The lowest BCUT2D eigenvalue weighted by molar-refractivity contribution is 0.0695. The largest absolute Gasteiger partial charge is 0.478 e. The number of aromatic carboxylic acids is 1. The molecule has 2 rings (SSSR count). The van der Waals surface area contributed by atoms with Crippen LogP contribution >= 0.6 is 0 Å². The lowest BCUT2D eigenvalue weighted by Gasteiger charge is -2.35.